The molecule has 5 nitrogen and oxygen atoms in total. The normalized spacial score (nSPS) is 18.0. The monoisotopic (exact) mass is 410 g/mol. The number of hydrogen-bond acceptors (Lipinski definition) is 4. The Labute approximate surface area is 175 Å². The van der Waals surface area contributed by atoms with Crippen molar-refractivity contribution < 1.29 is 14.4 Å². The van der Waals surface area contributed by atoms with E-state index in [1.165, 1.54) is 14.6 Å². The molecule has 1 fully saturated rings. The van der Waals surface area contributed by atoms with Crippen molar-refractivity contribution in [3.05, 3.63) is 59.6 Å². The lowest BCUT2D eigenvalue weighted by molar-refractivity contribution is -0.871. The first-order valence-electron chi connectivity index (χ1n) is 10.3. The van der Waals surface area contributed by atoms with Crippen LogP contribution in [0.2, 0.25) is 0 Å². The maximum Gasteiger partial charge on any atom is 0.277 e. The van der Waals surface area contributed by atoms with Crippen molar-refractivity contribution >= 4 is 27.5 Å². The Morgan fingerprint density at radius 3 is 2.83 bits per heavy atom. The minimum atomic E-state index is 0.230. The van der Waals surface area contributed by atoms with Crippen molar-refractivity contribution in [2.24, 2.45) is 0 Å². The summed E-state index contributed by atoms with van der Waals surface area (Å²) < 4.78 is 6.98. The number of piperidine rings is 1. The predicted molar refractivity (Wildman–Crippen MR) is 117 cm³/mol. The van der Waals surface area contributed by atoms with Crippen molar-refractivity contribution in [2.45, 2.75) is 18.8 Å². The first-order chi connectivity index (χ1) is 14.2. The second-order valence-electron chi connectivity index (χ2n) is 7.74. The van der Waals surface area contributed by atoms with Crippen LogP contribution in [0.4, 0.5) is 0 Å². The van der Waals surface area contributed by atoms with Crippen LogP contribution in [0.15, 0.2) is 54.6 Å². The molecule has 29 heavy (non-hydrogen) atoms. The van der Waals surface area contributed by atoms with Gasteiger partial charge in [0.1, 0.15) is 18.9 Å². The lowest BCUT2D eigenvalue weighted by Crippen LogP contribution is -3.10. The highest BCUT2D eigenvalue weighted by atomic mass is 32.1. The third kappa shape index (κ3) is 5.14. The SMILES string of the molecule is C[NH+](CCOc1ccccc1)CC(=O)N1CCC[C@@H](c2nc3ccccc3s2)C1. The lowest BCUT2D eigenvalue weighted by Gasteiger charge is -2.32. The standard InChI is InChI=1S/C23H27N3O2S/c1-25(14-15-28-19-9-3-2-4-10-19)17-22(27)26-13-7-8-18(16-26)23-24-20-11-5-6-12-21(20)29-23/h2-6,9-12,18H,7-8,13-17H2,1H3/p+1/t18-/m1/s1. The maximum atomic E-state index is 12.8. The van der Waals surface area contributed by atoms with E-state index in [4.69, 9.17) is 9.72 Å². The molecule has 0 bridgehead atoms. The van der Waals surface area contributed by atoms with E-state index in [1.54, 1.807) is 11.3 Å². The van der Waals surface area contributed by atoms with E-state index in [0.29, 0.717) is 19.1 Å². The highest BCUT2D eigenvalue weighted by Gasteiger charge is 2.28. The third-order valence-corrected chi connectivity index (χ3v) is 6.63. The van der Waals surface area contributed by atoms with Crippen molar-refractivity contribution in [3.8, 4) is 5.75 Å². The number of carbonyl (C=O) groups is 1. The number of para-hydroxylation sites is 2. The number of nitrogens with one attached hydrogen (secondary N) is 1. The van der Waals surface area contributed by atoms with Crippen molar-refractivity contribution in [3.63, 3.8) is 0 Å². The fourth-order valence-electron chi connectivity index (χ4n) is 3.79. The molecule has 0 spiro atoms. The molecule has 2 aromatic carbocycles. The highest BCUT2D eigenvalue weighted by Crippen LogP contribution is 2.32. The van der Waals surface area contributed by atoms with Crippen LogP contribution < -0.4 is 9.64 Å². The zero-order chi connectivity index (χ0) is 20.1. The minimum absolute atomic E-state index is 0.230. The number of nitrogens with zero attached hydrogens (tertiary/aromatic N) is 2. The van der Waals surface area contributed by atoms with Gasteiger partial charge in [0.15, 0.2) is 6.54 Å². The number of fused-ring (bicyclic) bond motifs is 1. The minimum Gasteiger partial charge on any atom is -0.488 e. The van der Waals surface area contributed by atoms with Gasteiger partial charge in [-0.2, -0.15) is 0 Å². The van der Waals surface area contributed by atoms with E-state index in [0.717, 1.165) is 43.7 Å². The van der Waals surface area contributed by atoms with Gasteiger partial charge < -0.3 is 14.5 Å². The van der Waals surface area contributed by atoms with Crippen LogP contribution in [0.25, 0.3) is 10.2 Å². The third-order valence-electron chi connectivity index (χ3n) is 5.43. The topological polar surface area (TPSA) is 46.9 Å². The summed E-state index contributed by atoms with van der Waals surface area (Å²) in [6.07, 6.45) is 2.15. The summed E-state index contributed by atoms with van der Waals surface area (Å²) in [6, 6.07) is 18.1. The largest absolute Gasteiger partial charge is 0.488 e. The molecule has 6 heteroatoms. The summed E-state index contributed by atoms with van der Waals surface area (Å²) in [5, 5.41) is 1.17. The predicted octanol–water partition coefficient (Wildman–Crippen LogP) is 2.60. The molecular weight excluding hydrogens is 382 g/mol. The highest BCUT2D eigenvalue weighted by molar-refractivity contribution is 7.18. The Hall–Kier alpha value is -2.44. The molecule has 1 aromatic heterocycles. The van der Waals surface area contributed by atoms with Crippen LogP contribution in [-0.2, 0) is 4.79 Å². The number of rotatable bonds is 7. The average molecular weight is 411 g/mol. The van der Waals surface area contributed by atoms with Gasteiger partial charge in [0.2, 0.25) is 0 Å². The number of benzene rings is 2. The van der Waals surface area contributed by atoms with E-state index >= 15 is 0 Å². The number of amides is 1. The van der Waals surface area contributed by atoms with Gasteiger partial charge in [-0.05, 0) is 37.1 Å². The zero-order valence-corrected chi connectivity index (χ0v) is 17.7. The summed E-state index contributed by atoms with van der Waals surface area (Å²) in [7, 11) is 2.06. The van der Waals surface area contributed by atoms with E-state index in [2.05, 4.69) is 25.2 Å². The Balaban J connectivity index is 1.28. The molecule has 4 rings (SSSR count). The summed E-state index contributed by atoms with van der Waals surface area (Å²) in [4.78, 5) is 20.9. The van der Waals surface area contributed by atoms with Gasteiger partial charge in [-0.1, -0.05) is 30.3 Å². The second-order valence-corrected chi connectivity index (χ2v) is 8.81. The summed E-state index contributed by atoms with van der Waals surface area (Å²) >= 11 is 1.77. The summed E-state index contributed by atoms with van der Waals surface area (Å²) in [6.45, 7) is 3.55. The second kappa shape index (κ2) is 9.37. The number of likely N-dealkylation sites (N-methyl/N-ethyl adjacent to an activating group) is 1. The van der Waals surface area contributed by atoms with Crippen molar-refractivity contribution in [1.29, 1.82) is 0 Å². The molecule has 1 N–H and O–H groups in total. The Morgan fingerprint density at radius 2 is 2.00 bits per heavy atom. The molecule has 1 aliphatic rings. The summed E-state index contributed by atoms with van der Waals surface area (Å²) in [5.41, 5.74) is 1.07. The number of aromatic nitrogens is 1. The Bertz CT molecular complexity index is 910. The van der Waals surface area contributed by atoms with E-state index in [-0.39, 0.29) is 5.91 Å². The number of thiazole rings is 1. The Kier molecular flexibility index (Phi) is 6.42. The smallest absolute Gasteiger partial charge is 0.277 e. The van der Waals surface area contributed by atoms with E-state index < -0.39 is 0 Å². The van der Waals surface area contributed by atoms with E-state index in [9.17, 15) is 4.79 Å². The number of carbonyl (C=O) groups excluding carboxylic acids is 1. The lowest BCUT2D eigenvalue weighted by atomic mass is 9.98. The van der Waals surface area contributed by atoms with Gasteiger partial charge in [-0.25, -0.2) is 4.98 Å². The number of hydrogen-bond donors (Lipinski definition) is 1. The number of likely N-dealkylation sites (tertiary alicyclic amines) is 1. The fraction of sp³-hybridized carbons (Fsp3) is 0.391. The van der Waals surface area contributed by atoms with Gasteiger partial charge in [0.05, 0.1) is 22.3 Å². The summed E-state index contributed by atoms with van der Waals surface area (Å²) in [5.74, 6) is 1.46. The average Bonchev–Trinajstić information content (AvgIpc) is 3.19. The first kappa shape index (κ1) is 19.9. The molecule has 1 aliphatic heterocycles. The first-order valence-corrected chi connectivity index (χ1v) is 11.1. The van der Waals surface area contributed by atoms with Gasteiger partial charge >= 0.3 is 0 Å². The molecular formula is C23H28N3O2S+. The van der Waals surface area contributed by atoms with Crippen LogP contribution in [0, 0.1) is 0 Å². The van der Waals surface area contributed by atoms with Crippen molar-refractivity contribution in [2.75, 3.05) is 39.8 Å². The van der Waals surface area contributed by atoms with Crippen LogP contribution in [0.5, 0.6) is 5.75 Å². The zero-order valence-electron chi connectivity index (χ0n) is 16.8. The van der Waals surface area contributed by atoms with Crippen molar-refractivity contribution in [1.82, 2.24) is 9.88 Å². The van der Waals surface area contributed by atoms with Gasteiger partial charge in [-0.15, -0.1) is 11.3 Å². The Morgan fingerprint density at radius 1 is 1.21 bits per heavy atom. The molecule has 0 saturated carbocycles. The quantitative estimate of drug-likeness (QED) is 0.651. The van der Waals surface area contributed by atoms with E-state index in [1.807, 2.05) is 41.3 Å². The molecule has 1 saturated heterocycles. The van der Waals surface area contributed by atoms with Crippen LogP contribution in [0.3, 0.4) is 0 Å². The number of ether oxygens (including phenoxy) is 1. The maximum absolute atomic E-state index is 12.8. The fourth-order valence-corrected chi connectivity index (χ4v) is 4.88. The molecule has 1 unspecified atom stereocenters. The number of quaternary nitrogens is 1. The molecule has 3 aromatic rings. The van der Waals surface area contributed by atoms with Crippen LogP contribution >= 0.6 is 11.3 Å². The van der Waals surface area contributed by atoms with Gasteiger partial charge in [-0.3, -0.25) is 4.79 Å². The van der Waals surface area contributed by atoms with Crippen LogP contribution in [-0.4, -0.2) is 55.6 Å². The molecule has 0 radical (unpaired) electrons. The van der Waals surface area contributed by atoms with Gasteiger partial charge in [0.25, 0.3) is 5.91 Å². The molecule has 2 atom stereocenters. The molecule has 1 amide bonds. The molecule has 2 heterocycles. The molecule has 152 valence electrons. The molecule has 0 aliphatic carbocycles. The van der Waals surface area contributed by atoms with Gasteiger partial charge in [0, 0.05) is 19.0 Å². The van der Waals surface area contributed by atoms with Crippen LogP contribution in [0.1, 0.15) is 23.8 Å².